The van der Waals surface area contributed by atoms with E-state index >= 15 is 0 Å². The Morgan fingerprint density at radius 2 is 2.22 bits per heavy atom. The number of carbonyl (C=O) groups is 2. The SMILES string of the molecule is CCN(CCC(=O)O)C1CCCN(C(=O)CN)C1. The summed E-state index contributed by atoms with van der Waals surface area (Å²) < 4.78 is 0. The standard InChI is InChI=1S/C12H23N3O3/c1-2-14(7-5-12(17)18)10-4-3-6-15(9-10)11(16)8-13/h10H,2-9,13H2,1H3,(H,17,18). The molecule has 1 amide bonds. The third kappa shape index (κ3) is 4.27. The van der Waals surface area contributed by atoms with Crippen molar-refractivity contribution in [3.8, 4) is 0 Å². The van der Waals surface area contributed by atoms with Crippen molar-refractivity contribution in [3.63, 3.8) is 0 Å². The van der Waals surface area contributed by atoms with Crippen LogP contribution in [0.3, 0.4) is 0 Å². The van der Waals surface area contributed by atoms with E-state index in [2.05, 4.69) is 4.90 Å². The lowest BCUT2D eigenvalue weighted by Crippen LogP contribution is -2.51. The topological polar surface area (TPSA) is 86.9 Å². The molecule has 18 heavy (non-hydrogen) atoms. The number of hydrogen-bond acceptors (Lipinski definition) is 4. The normalized spacial score (nSPS) is 20.2. The van der Waals surface area contributed by atoms with Gasteiger partial charge in [0.05, 0.1) is 13.0 Å². The summed E-state index contributed by atoms with van der Waals surface area (Å²) in [7, 11) is 0. The minimum atomic E-state index is -0.779. The van der Waals surface area contributed by atoms with Gasteiger partial charge in [0.1, 0.15) is 0 Å². The van der Waals surface area contributed by atoms with Gasteiger partial charge in [-0.3, -0.25) is 14.5 Å². The van der Waals surface area contributed by atoms with Gasteiger partial charge in [-0.05, 0) is 19.4 Å². The molecule has 1 unspecified atom stereocenters. The lowest BCUT2D eigenvalue weighted by molar-refractivity contribution is -0.138. The first-order chi connectivity index (χ1) is 8.58. The number of nitrogens with zero attached hydrogens (tertiary/aromatic N) is 2. The summed E-state index contributed by atoms with van der Waals surface area (Å²) in [6, 6.07) is 0.263. The highest BCUT2D eigenvalue weighted by atomic mass is 16.4. The third-order valence-electron chi connectivity index (χ3n) is 3.46. The smallest absolute Gasteiger partial charge is 0.304 e. The van der Waals surface area contributed by atoms with Gasteiger partial charge in [0.25, 0.3) is 0 Å². The zero-order valence-electron chi connectivity index (χ0n) is 11.0. The molecule has 0 saturated carbocycles. The summed E-state index contributed by atoms with van der Waals surface area (Å²) in [5.74, 6) is -0.798. The van der Waals surface area contributed by atoms with Gasteiger partial charge in [0.2, 0.25) is 5.91 Å². The Hall–Kier alpha value is -1.14. The van der Waals surface area contributed by atoms with Crippen LogP contribution >= 0.6 is 0 Å². The van der Waals surface area contributed by atoms with Crippen molar-refractivity contribution >= 4 is 11.9 Å². The Bertz CT molecular complexity index is 296. The molecule has 0 aromatic heterocycles. The number of amides is 1. The molecule has 1 saturated heterocycles. The fourth-order valence-electron chi connectivity index (χ4n) is 2.45. The first-order valence-corrected chi connectivity index (χ1v) is 6.52. The molecule has 0 aromatic carbocycles. The molecule has 6 heteroatoms. The van der Waals surface area contributed by atoms with Crippen LogP contribution in [0.2, 0.25) is 0 Å². The van der Waals surface area contributed by atoms with E-state index in [1.807, 2.05) is 6.92 Å². The second-order valence-electron chi connectivity index (χ2n) is 4.61. The molecule has 0 aliphatic carbocycles. The van der Waals surface area contributed by atoms with E-state index in [9.17, 15) is 9.59 Å². The summed E-state index contributed by atoms with van der Waals surface area (Å²) in [5.41, 5.74) is 5.37. The number of nitrogens with two attached hydrogens (primary N) is 1. The maximum atomic E-state index is 11.6. The largest absolute Gasteiger partial charge is 0.481 e. The minimum Gasteiger partial charge on any atom is -0.481 e. The van der Waals surface area contributed by atoms with E-state index in [-0.39, 0.29) is 24.9 Å². The summed E-state index contributed by atoms with van der Waals surface area (Å²) in [4.78, 5) is 26.1. The molecule has 1 atom stereocenters. The molecular weight excluding hydrogens is 234 g/mol. The monoisotopic (exact) mass is 257 g/mol. The predicted molar refractivity (Wildman–Crippen MR) is 68.2 cm³/mol. The molecule has 0 aromatic rings. The maximum Gasteiger partial charge on any atom is 0.304 e. The molecule has 6 nitrogen and oxygen atoms in total. The molecule has 0 bridgehead atoms. The van der Waals surface area contributed by atoms with Crippen LogP contribution < -0.4 is 5.73 Å². The molecule has 1 aliphatic heterocycles. The molecule has 0 radical (unpaired) electrons. The average Bonchev–Trinajstić information content (AvgIpc) is 2.38. The molecular formula is C12H23N3O3. The second-order valence-corrected chi connectivity index (χ2v) is 4.61. The van der Waals surface area contributed by atoms with Crippen molar-refractivity contribution in [1.29, 1.82) is 0 Å². The lowest BCUT2D eigenvalue weighted by atomic mass is 10.0. The van der Waals surface area contributed by atoms with Gasteiger partial charge >= 0.3 is 5.97 Å². The van der Waals surface area contributed by atoms with Gasteiger partial charge in [-0.25, -0.2) is 0 Å². The highest BCUT2D eigenvalue weighted by Crippen LogP contribution is 2.16. The third-order valence-corrected chi connectivity index (χ3v) is 3.46. The van der Waals surface area contributed by atoms with E-state index in [1.165, 1.54) is 0 Å². The number of aliphatic carboxylic acids is 1. The van der Waals surface area contributed by atoms with E-state index in [4.69, 9.17) is 10.8 Å². The Kier molecular flexibility index (Phi) is 6.07. The molecule has 3 N–H and O–H groups in total. The highest BCUT2D eigenvalue weighted by molar-refractivity contribution is 5.78. The Morgan fingerprint density at radius 3 is 2.78 bits per heavy atom. The summed E-state index contributed by atoms with van der Waals surface area (Å²) in [6.07, 6.45) is 2.12. The van der Waals surface area contributed by atoms with Crippen LogP contribution in [0.15, 0.2) is 0 Å². The zero-order valence-corrected chi connectivity index (χ0v) is 11.0. The maximum absolute atomic E-state index is 11.6. The van der Waals surface area contributed by atoms with Crippen molar-refractivity contribution in [2.24, 2.45) is 5.73 Å². The number of likely N-dealkylation sites (tertiary alicyclic amines) is 1. The minimum absolute atomic E-state index is 0.0195. The number of hydrogen-bond donors (Lipinski definition) is 2. The number of carboxylic acids is 1. The summed E-state index contributed by atoms with van der Waals surface area (Å²) in [6.45, 7) is 4.86. The van der Waals surface area contributed by atoms with Crippen LogP contribution in [0.5, 0.6) is 0 Å². The Balaban J connectivity index is 2.52. The van der Waals surface area contributed by atoms with Crippen molar-refractivity contribution < 1.29 is 14.7 Å². The summed E-state index contributed by atoms with van der Waals surface area (Å²) in [5, 5.41) is 8.73. The van der Waals surface area contributed by atoms with Gasteiger partial charge in [-0.15, -0.1) is 0 Å². The van der Waals surface area contributed by atoms with Gasteiger partial charge in [0.15, 0.2) is 0 Å². The number of carboxylic acid groups (broad SMARTS) is 1. The number of rotatable bonds is 6. The van der Waals surface area contributed by atoms with E-state index in [0.29, 0.717) is 13.1 Å². The molecule has 1 aliphatic rings. The van der Waals surface area contributed by atoms with Crippen LogP contribution in [0.1, 0.15) is 26.2 Å². The predicted octanol–water partition coefficient (Wildman–Crippen LogP) is -0.267. The van der Waals surface area contributed by atoms with Gasteiger partial charge in [-0.2, -0.15) is 0 Å². The van der Waals surface area contributed by atoms with E-state index in [1.54, 1.807) is 4.90 Å². The van der Waals surface area contributed by atoms with Crippen molar-refractivity contribution in [3.05, 3.63) is 0 Å². The number of likely N-dealkylation sites (N-methyl/N-ethyl adjacent to an activating group) is 1. The van der Waals surface area contributed by atoms with Crippen molar-refractivity contribution in [2.45, 2.75) is 32.2 Å². The Morgan fingerprint density at radius 1 is 1.50 bits per heavy atom. The quantitative estimate of drug-likeness (QED) is 0.684. The van der Waals surface area contributed by atoms with Gasteiger partial charge in [-0.1, -0.05) is 6.92 Å². The van der Waals surface area contributed by atoms with Crippen LogP contribution in [0.4, 0.5) is 0 Å². The van der Waals surface area contributed by atoms with Gasteiger partial charge in [0, 0.05) is 25.7 Å². The van der Waals surface area contributed by atoms with E-state index < -0.39 is 5.97 Å². The van der Waals surface area contributed by atoms with Crippen LogP contribution in [-0.2, 0) is 9.59 Å². The highest BCUT2D eigenvalue weighted by Gasteiger charge is 2.26. The number of piperidine rings is 1. The average molecular weight is 257 g/mol. The first kappa shape index (κ1) is 14.9. The Labute approximate surface area is 108 Å². The first-order valence-electron chi connectivity index (χ1n) is 6.52. The second kappa shape index (κ2) is 7.33. The summed E-state index contributed by atoms with van der Waals surface area (Å²) >= 11 is 0. The van der Waals surface area contributed by atoms with Gasteiger partial charge < -0.3 is 15.7 Å². The van der Waals surface area contributed by atoms with Crippen LogP contribution in [0, 0.1) is 0 Å². The zero-order chi connectivity index (χ0) is 13.5. The van der Waals surface area contributed by atoms with Crippen LogP contribution in [0.25, 0.3) is 0 Å². The molecule has 1 heterocycles. The van der Waals surface area contributed by atoms with Crippen LogP contribution in [-0.4, -0.2) is 65.5 Å². The molecule has 1 fully saturated rings. The molecule has 104 valence electrons. The number of carbonyl (C=O) groups excluding carboxylic acids is 1. The molecule has 0 spiro atoms. The van der Waals surface area contributed by atoms with E-state index in [0.717, 1.165) is 25.9 Å². The van der Waals surface area contributed by atoms with Crippen molar-refractivity contribution in [1.82, 2.24) is 9.80 Å². The fraction of sp³-hybridized carbons (Fsp3) is 0.833. The fourth-order valence-corrected chi connectivity index (χ4v) is 2.45. The molecule has 1 rings (SSSR count). The lowest BCUT2D eigenvalue weighted by Gasteiger charge is -2.38. The van der Waals surface area contributed by atoms with Crippen molar-refractivity contribution in [2.75, 3.05) is 32.7 Å².